The molecule has 7 aromatic heterocycles. The van der Waals surface area contributed by atoms with Crippen molar-refractivity contribution in [3.63, 3.8) is 0 Å². The Morgan fingerprint density at radius 3 is 1.73 bits per heavy atom. The van der Waals surface area contributed by atoms with Crippen molar-refractivity contribution >= 4 is 68.4 Å². The molecule has 2 atom stereocenters. The van der Waals surface area contributed by atoms with E-state index in [4.69, 9.17) is 19.4 Å². The average Bonchev–Trinajstić information content (AvgIpc) is 4.21. The number of carbonyl (C=O) groups is 2. The second-order valence-corrected chi connectivity index (χ2v) is 18.7. The van der Waals surface area contributed by atoms with E-state index in [1.54, 1.807) is 54.6 Å². The van der Waals surface area contributed by atoms with E-state index in [0.717, 1.165) is 96.9 Å². The lowest BCUT2D eigenvalue weighted by Crippen LogP contribution is -2.51. The van der Waals surface area contributed by atoms with Crippen LogP contribution >= 0.6 is 0 Å². The molecule has 6 N–H and O–H groups in total. The molecule has 24 nitrogen and oxygen atoms in total. The number of carbonyl (C=O) groups excluding carboxylic acids is 2. The van der Waals surface area contributed by atoms with Crippen molar-refractivity contribution in [1.29, 1.82) is 0 Å². The fraction of sp³-hybridized carbons (Fsp3) is 0.400. The molecule has 2 amide bonds. The molecule has 24 heteroatoms. The number of aryl methyl sites for hydroxylation is 4. The summed E-state index contributed by atoms with van der Waals surface area (Å²) in [5.41, 5.74) is 9.60. The van der Waals surface area contributed by atoms with Gasteiger partial charge < -0.3 is 45.5 Å². The predicted molar refractivity (Wildman–Crippen MR) is 284 cm³/mol. The number of pyridine rings is 1. The van der Waals surface area contributed by atoms with Crippen molar-refractivity contribution < 1.29 is 19.1 Å². The number of hydrogen-bond acceptors (Lipinski definition) is 18. The molecule has 10 rings (SSSR count). The van der Waals surface area contributed by atoms with Gasteiger partial charge in [-0.05, 0) is 65.0 Å². The first-order valence-electron chi connectivity index (χ1n) is 24.4. The number of amides is 2. The Morgan fingerprint density at radius 2 is 1.18 bits per heavy atom. The minimum Gasteiger partial charge on any atom is -0.478 e. The number of likely N-dealkylation sites (N-methyl/N-ethyl adjacent to an activating group) is 2. The number of nitrogens with zero attached hydrogens (tertiary/aromatic N) is 14. The number of methoxy groups -OCH3 is 2. The van der Waals surface area contributed by atoms with Crippen LogP contribution < -0.4 is 30.7 Å². The van der Waals surface area contributed by atoms with E-state index < -0.39 is 0 Å². The molecule has 0 spiro atoms. The fourth-order valence-electron chi connectivity index (χ4n) is 9.03. The van der Waals surface area contributed by atoms with Gasteiger partial charge >= 0.3 is 0 Å². The average molecular weight is 1010 g/mol. The molecule has 2 saturated heterocycles. The molecule has 2 aliphatic rings. The van der Waals surface area contributed by atoms with E-state index >= 15 is 0 Å². The van der Waals surface area contributed by atoms with Gasteiger partial charge in [-0.2, -0.15) is 5.10 Å². The summed E-state index contributed by atoms with van der Waals surface area (Å²) in [6.45, 7) is 15.1. The summed E-state index contributed by atoms with van der Waals surface area (Å²) in [4.78, 5) is 61.4. The SMILES string of the molecule is COc1nn(C)cc1Nc1ncc(C)c(-c2[nH]nc3c(NC(=O)[C@@H](C)N4CCN(C)CC4)cccc23)n1.COc1nn(C)cc1Nc1ncc(C)c(-c2c[nH]c3c(NC(=O)[C@@H](C)N4CCN(C)CC4)ccnc23)n1. The fourth-order valence-corrected chi connectivity index (χ4v) is 9.03. The second kappa shape index (κ2) is 22.0. The zero-order valence-electron chi connectivity index (χ0n) is 43.5. The third-order valence-corrected chi connectivity index (χ3v) is 13.5. The van der Waals surface area contributed by atoms with Crippen molar-refractivity contribution in [2.45, 2.75) is 39.8 Å². The number of rotatable bonds is 14. The van der Waals surface area contributed by atoms with Crippen LogP contribution in [-0.2, 0) is 23.7 Å². The van der Waals surface area contributed by atoms with Gasteiger partial charge in [-0.25, -0.2) is 19.9 Å². The van der Waals surface area contributed by atoms with E-state index in [1.165, 1.54) is 0 Å². The smallest absolute Gasteiger partial charge is 0.256 e. The number of nitrogens with one attached hydrogen (secondary N) is 6. The Labute approximate surface area is 428 Å². The second-order valence-electron chi connectivity index (χ2n) is 18.7. The Kier molecular flexibility index (Phi) is 15.1. The van der Waals surface area contributed by atoms with Crippen LogP contribution in [0.3, 0.4) is 0 Å². The monoisotopic (exact) mass is 1010 g/mol. The van der Waals surface area contributed by atoms with Crippen LogP contribution in [0.5, 0.6) is 11.8 Å². The highest BCUT2D eigenvalue weighted by atomic mass is 16.5. The first-order chi connectivity index (χ1) is 35.7. The van der Waals surface area contributed by atoms with Crippen molar-refractivity contribution in [2.24, 2.45) is 14.1 Å². The topological polar surface area (TPSA) is 258 Å². The molecular weight excluding hydrogens is 945 g/mol. The van der Waals surface area contributed by atoms with Gasteiger partial charge in [0.05, 0.1) is 78.2 Å². The molecule has 0 saturated carbocycles. The summed E-state index contributed by atoms with van der Waals surface area (Å²) in [5.74, 6) is 1.63. The van der Waals surface area contributed by atoms with E-state index in [-0.39, 0.29) is 23.9 Å². The van der Waals surface area contributed by atoms with Crippen LogP contribution in [0.4, 0.5) is 34.6 Å². The van der Waals surface area contributed by atoms with Gasteiger partial charge in [-0.1, -0.05) is 12.1 Å². The quantitative estimate of drug-likeness (QED) is 0.0857. The lowest BCUT2D eigenvalue weighted by atomic mass is 10.1. The molecule has 0 unspecified atom stereocenters. The maximum atomic E-state index is 13.1. The normalized spacial score (nSPS) is 15.6. The molecule has 0 aliphatic carbocycles. The summed E-state index contributed by atoms with van der Waals surface area (Å²) in [5, 5.41) is 29.6. The molecule has 8 aromatic rings. The molecule has 388 valence electrons. The molecule has 74 heavy (non-hydrogen) atoms. The number of anilines is 6. The standard InChI is InChI=1S/2C25H32N10O2/c1-15-12-28-25(30-19-14-34(4)32-24(19)37-5)31-20(15)17-13-27-22-18(6-7-26-21(17)22)29-23(36)16(2)35-10-8-33(3)9-11-35;1-15-13-26-25(28-19-14-34(4)32-24(19)37-5)29-20(15)22-17-7-6-8-18(21(17)30-31-22)27-23(36)16(2)35-11-9-33(3)10-12-35/h6-7,12-14,16,27H,8-11H2,1-5H3,(H,26,29,36)(H,28,30,31);6-8,13-14,16H,9-12H2,1-5H3,(H,27,36)(H,30,31)(H,26,28,29)/t2*16-/m11/s1. The summed E-state index contributed by atoms with van der Waals surface area (Å²) < 4.78 is 13.9. The lowest BCUT2D eigenvalue weighted by Gasteiger charge is -2.35. The number of hydrogen-bond donors (Lipinski definition) is 6. The number of aromatic amines is 2. The van der Waals surface area contributed by atoms with Gasteiger partial charge in [0.15, 0.2) is 0 Å². The minimum atomic E-state index is -0.232. The minimum absolute atomic E-state index is 0.0386. The first-order valence-corrected chi connectivity index (χ1v) is 24.4. The third kappa shape index (κ3) is 11.0. The van der Waals surface area contributed by atoms with E-state index in [1.807, 2.05) is 72.3 Å². The van der Waals surface area contributed by atoms with Crippen LogP contribution in [0.25, 0.3) is 44.6 Å². The Balaban J connectivity index is 0.000000182. The number of fused-ring (bicyclic) bond motifs is 2. The van der Waals surface area contributed by atoms with Gasteiger partial charge in [0, 0.05) is 102 Å². The first kappa shape index (κ1) is 50.9. The molecular formula is C50H64N20O4. The summed E-state index contributed by atoms with van der Waals surface area (Å²) in [6.07, 6.45) is 10.7. The van der Waals surface area contributed by atoms with Gasteiger partial charge in [-0.15, -0.1) is 10.2 Å². The number of H-pyrrole nitrogens is 2. The van der Waals surface area contributed by atoms with Crippen LogP contribution in [0.1, 0.15) is 25.0 Å². The molecule has 0 bridgehead atoms. The van der Waals surface area contributed by atoms with Crippen molar-refractivity contribution in [3.05, 3.63) is 72.6 Å². The van der Waals surface area contributed by atoms with Crippen LogP contribution in [0.2, 0.25) is 0 Å². The Bertz CT molecular complexity index is 3060. The number of ether oxygens (including phenoxy) is 2. The zero-order valence-corrected chi connectivity index (χ0v) is 43.5. The Morgan fingerprint density at radius 1 is 0.649 bits per heavy atom. The highest BCUT2D eigenvalue weighted by Crippen LogP contribution is 2.35. The van der Waals surface area contributed by atoms with Crippen molar-refractivity contribution in [2.75, 3.05) is 102 Å². The van der Waals surface area contributed by atoms with Crippen molar-refractivity contribution in [3.8, 4) is 34.4 Å². The van der Waals surface area contributed by atoms with Crippen LogP contribution in [0.15, 0.2) is 61.4 Å². The molecule has 9 heterocycles. The maximum absolute atomic E-state index is 13.1. The largest absolute Gasteiger partial charge is 0.478 e. The molecule has 0 radical (unpaired) electrons. The van der Waals surface area contributed by atoms with Gasteiger partial charge in [0.1, 0.15) is 16.9 Å². The van der Waals surface area contributed by atoms with Crippen LogP contribution in [0, 0.1) is 13.8 Å². The van der Waals surface area contributed by atoms with Gasteiger partial charge in [0.25, 0.3) is 11.8 Å². The highest BCUT2D eigenvalue weighted by Gasteiger charge is 2.27. The third-order valence-electron chi connectivity index (χ3n) is 13.5. The number of aromatic nitrogens is 12. The van der Waals surface area contributed by atoms with E-state index in [2.05, 4.69) is 95.3 Å². The summed E-state index contributed by atoms with van der Waals surface area (Å²) >= 11 is 0. The molecule has 1 aromatic carbocycles. The van der Waals surface area contributed by atoms with E-state index in [9.17, 15) is 9.59 Å². The molecule has 2 aliphatic heterocycles. The number of benzene rings is 1. The predicted octanol–water partition coefficient (Wildman–Crippen LogP) is 4.78. The summed E-state index contributed by atoms with van der Waals surface area (Å²) in [6, 6.07) is 7.10. The van der Waals surface area contributed by atoms with Gasteiger partial charge in [0.2, 0.25) is 23.7 Å². The van der Waals surface area contributed by atoms with Crippen LogP contribution in [-0.4, -0.2) is 184 Å². The lowest BCUT2D eigenvalue weighted by molar-refractivity contribution is -0.122. The highest BCUT2D eigenvalue weighted by molar-refractivity contribution is 6.06. The number of para-hydroxylation sites is 1. The van der Waals surface area contributed by atoms with Gasteiger partial charge in [-0.3, -0.25) is 38.8 Å². The maximum Gasteiger partial charge on any atom is 0.256 e. The molecule has 2 fully saturated rings. The zero-order chi connectivity index (χ0) is 52.2. The van der Waals surface area contributed by atoms with Crippen molar-refractivity contribution in [1.82, 2.24) is 79.3 Å². The van der Waals surface area contributed by atoms with E-state index in [0.29, 0.717) is 57.6 Å². The summed E-state index contributed by atoms with van der Waals surface area (Å²) in [7, 11) is 11.0. The Hall–Kier alpha value is -8.06. The number of piperazine rings is 2.